The third kappa shape index (κ3) is 2.42. The van der Waals surface area contributed by atoms with Crippen LogP contribution in [0.15, 0.2) is 54.6 Å². The summed E-state index contributed by atoms with van der Waals surface area (Å²) >= 11 is 0. The lowest BCUT2D eigenvalue weighted by atomic mass is 9.87. The third-order valence-corrected chi connectivity index (χ3v) is 4.90. The van der Waals surface area contributed by atoms with E-state index in [1.165, 1.54) is 11.1 Å². The fraction of sp³-hybridized carbons (Fsp3) is 0.316. The highest BCUT2D eigenvalue weighted by Gasteiger charge is 2.37. The summed E-state index contributed by atoms with van der Waals surface area (Å²) in [7, 11) is 0. The summed E-state index contributed by atoms with van der Waals surface area (Å²) in [6.07, 6.45) is 0. The molecule has 22 heavy (non-hydrogen) atoms. The van der Waals surface area contributed by atoms with E-state index in [1.54, 1.807) is 0 Å². The Morgan fingerprint density at radius 3 is 2.64 bits per heavy atom. The summed E-state index contributed by atoms with van der Waals surface area (Å²) in [6.45, 7) is 3.85. The summed E-state index contributed by atoms with van der Waals surface area (Å²) < 4.78 is 0. The van der Waals surface area contributed by atoms with Crippen molar-refractivity contribution in [3.8, 4) is 0 Å². The Morgan fingerprint density at radius 1 is 1.00 bits per heavy atom. The van der Waals surface area contributed by atoms with Crippen molar-refractivity contribution in [1.82, 2.24) is 10.2 Å². The molecular weight excluding hydrogens is 272 g/mol. The summed E-state index contributed by atoms with van der Waals surface area (Å²) in [5.74, 6) is 1.05. The number of benzene rings is 2. The Morgan fingerprint density at radius 2 is 1.77 bits per heavy atom. The third-order valence-electron chi connectivity index (χ3n) is 4.90. The molecule has 1 fully saturated rings. The molecule has 0 radical (unpaired) electrons. The van der Waals surface area contributed by atoms with E-state index in [-0.39, 0.29) is 5.91 Å². The Kier molecular flexibility index (Phi) is 3.43. The van der Waals surface area contributed by atoms with Crippen LogP contribution in [0.2, 0.25) is 0 Å². The molecule has 1 amide bonds. The van der Waals surface area contributed by atoms with E-state index >= 15 is 0 Å². The predicted molar refractivity (Wildman–Crippen MR) is 86.7 cm³/mol. The van der Waals surface area contributed by atoms with E-state index < -0.39 is 0 Å². The summed E-state index contributed by atoms with van der Waals surface area (Å²) in [6, 6.07) is 18.7. The van der Waals surface area contributed by atoms with Crippen LogP contribution in [-0.2, 0) is 6.54 Å². The average molecular weight is 292 g/mol. The molecular formula is C19H20N2O. The smallest absolute Gasteiger partial charge is 0.251 e. The molecule has 2 aliphatic rings. The van der Waals surface area contributed by atoms with E-state index in [1.807, 2.05) is 18.2 Å². The van der Waals surface area contributed by atoms with Crippen LogP contribution >= 0.6 is 0 Å². The molecule has 2 aromatic carbocycles. The highest BCUT2D eigenvalue weighted by Crippen LogP contribution is 2.36. The van der Waals surface area contributed by atoms with Crippen LogP contribution in [0.1, 0.15) is 27.4 Å². The van der Waals surface area contributed by atoms with E-state index in [0.717, 1.165) is 31.7 Å². The van der Waals surface area contributed by atoms with Gasteiger partial charge in [0.05, 0.1) is 0 Å². The zero-order valence-corrected chi connectivity index (χ0v) is 12.5. The number of nitrogens with one attached hydrogen (secondary N) is 1. The maximum Gasteiger partial charge on any atom is 0.251 e. The number of carbonyl (C=O) groups excluding carboxylic acids is 1. The van der Waals surface area contributed by atoms with Gasteiger partial charge in [-0.25, -0.2) is 0 Å². The van der Waals surface area contributed by atoms with Gasteiger partial charge in [-0.05, 0) is 23.1 Å². The summed E-state index contributed by atoms with van der Waals surface area (Å²) in [5, 5.41) is 3.09. The number of rotatable bonds is 2. The van der Waals surface area contributed by atoms with Crippen molar-refractivity contribution in [3.05, 3.63) is 71.3 Å². The molecule has 3 nitrogen and oxygen atoms in total. The average Bonchev–Trinajstić information content (AvgIpc) is 2.91. The van der Waals surface area contributed by atoms with Crippen LogP contribution in [-0.4, -0.2) is 30.4 Å². The second kappa shape index (κ2) is 5.58. The van der Waals surface area contributed by atoms with Crippen LogP contribution in [0, 0.1) is 5.92 Å². The number of carbonyl (C=O) groups is 1. The topological polar surface area (TPSA) is 32.3 Å². The van der Waals surface area contributed by atoms with Crippen molar-refractivity contribution >= 4 is 5.91 Å². The Labute approximate surface area is 131 Å². The fourth-order valence-electron chi connectivity index (χ4n) is 3.84. The number of nitrogens with zero attached hydrogens (tertiary/aromatic N) is 1. The van der Waals surface area contributed by atoms with Gasteiger partial charge in [0.25, 0.3) is 5.91 Å². The number of hydrogen-bond donors (Lipinski definition) is 1. The summed E-state index contributed by atoms with van der Waals surface area (Å²) in [5.41, 5.74) is 3.44. The maximum atomic E-state index is 12.2. The minimum atomic E-state index is 0.0830. The molecule has 0 spiro atoms. The van der Waals surface area contributed by atoms with Crippen molar-refractivity contribution < 1.29 is 4.79 Å². The molecule has 0 saturated carbocycles. The Bertz CT molecular complexity index is 683. The SMILES string of the molecule is O=C1NC[C@@H]2CN(Cc3ccccc3)C[C@@H]2c2ccccc21. The lowest BCUT2D eigenvalue weighted by Gasteiger charge is -2.17. The molecule has 4 rings (SSSR count). The zero-order chi connectivity index (χ0) is 14.9. The second-order valence-corrected chi connectivity index (χ2v) is 6.34. The van der Waals surface area contributed by atoms with Crippen LogP contribution in [0.3, 0.4) is 0 Å². The molecule has 2 heterocycles. The van der Waals surface area contributed by atoms with Gasteiger partial charge in [0.1, 0.15) is 0 Å². The molecule has 112 valence electrons. The van der Waals surface area contributed by atoms with Crippen LogP contribution in [0.5, 0.6) is 0 Å². The number of fused-ring (bicyclic) bond motifs is 3. The van der Waals surface area contributed by atoms with Crippen LogP contribution < -0.4 is 5.32 Å². The molecule has 2 aromatic rings. The van der Waals surface area contributed by atoms with Crippen LogP contribution in [0.4, 0.5) is 0 Å². The molecule has 1 N–H and O–H groups in total. The zero-order valence-electron chi connectivity index (χ0n) is 12.5. The first-order valence-electron chi connectivity index (χ1n) is 7.94. The van der Waals surface area contributed by atoms with Gasteiger partial charge >= 0.3 is 0 Å². The molecule has 0 unspecified atom stereocenters. The van der Waals surface area contributed by atoms with Gasteiger partial charge in [-0.2, -0.15) is 0 Å². The Hall–Kier alpha value is -2.13. The first-order valence-corrected chi connectivity index (χ1v) is 7.94. The monoisotopic (exact) mass is 292 g/mol. The van der Waals surface area contributed by atoms with Gasteiger partial charge in [-0.3, -0.25) is 9.69 Å². The van der Waals surface area contributed by atoms with Gasteiger partial charge < -0.3 is 5.32 Å². The highest BCUT2D eigenvalue weighted by molar-refractivity contribution is 5.96. The van der Waals surface area contributed by atoms with Gasteiger partial charge in [0, 0.05) is 37.7 Å². The molecule has 0 aromatic heterocycles. The standard InChI is InChI=1S/C19H20N2O/c22-19-17-9-5-4-8-16(17)18-13-21(12-15(18)10-20-19)11-14-6-2-1-3-7-14/h1-9,15,18H,10-13H2,(H,20,22)/t15-,18+/m1/s1. The van der Waals surface area contributed by atoms with Crippen molar-refractivity contribution in [2.24, 2.45) is 5.92 Å². The van der Waals surface area contributed by atoms with E-state index in [2.05, 4.69) is 46.6 Å². The minimum Gasteiger partial charge on any atom is -0.352 e. The highest BCUT2D eigenvalue weighted by atomic mass is 16.1. The second-order valence-electron chi connectivity index (χ2n) is 6.34. The van der Waals surface area contributed by atoms with Crippen molar-refractivity contribution in [3.63, 3.8) is 0 Å². The fourth-order valence-corrected chi connectivity index (χ4v) is 3.84. The molecule has 2 atom stereocenters. The lowest BCUT2D eigenvalue weighted by molar-refractivity contribution is 0.0951. The van der Waals surface area contributed by atoms with Crippen molar-refractivity contribution in [1.29, 1.82) is 0 Å². The van der Waals surface area contributed by atoms with Gasteiger partial charge in [0.15, 0.2) is 0 Å². The van der Waals surface area contributed by atoms with E-state index in [9.17, 15) is 4.79 Å². The van der Waals surface area contributed by atoms with Crippen molar-refractivity contribution in [2.45, 2.75) is 12.5 Å². The number of amides is 1. The summed E-state index contributed by atoms with van der Waals surface area (Å²) in [4.78, 5) is 14.7. The largest absolute Gasteiger partial charge is 0.352 e. The van der Waals surface area contributed by atoms with Gasteiger partial charge in [-0.1, -0.05) is 48.5 Å². The maximum absolute atomic E-state index is 12.2. The molecule has 0 bridgehead atoms. The molecule has 2 aliphatic heterocycles. The number of likely N-dealkylation sites (tertiary alicyclic amines) is 1. The lowest BCUT2D eigenvalue weighted by Crippen LogP contribution is -2.29. The van der Waals surface area contributed by atoms with Crippen molar-refractivity contribution in [2.75, 3.05) is 19.6 Å². The molecule has 1 saturated heterocycles. The van der Waals surface area contributed by atoms with E-state index in [0.29, 0.717) is 11.8 Å². The molecule has 0 aliphatic carbocycles. The Balaban J connectivity index is 1.58. The van der Waals surface area contributed by atoms with E-state index in [4.69, 9.17) is 0 Å². The molecule has 3 heteroatoms. The predicted octanol–water partition coefficient (Wildman–Crippen LogP) is 2.65. The first-order chi connectivity index (χ1) is 10.8. The number of hydrogen-bond acceptors (Lipinski definition) is 2. The minimum absolute atomic E-state index is 0.0830. The van der Waals surface area contributed by atoms with Gasteiger partial charge in [0.2, 0.25) is 0 Å². The normalized spacial score (nSPS) is 24.3. The van der Waals surface area contributed by atoms with Gasteiger partial charge in [-0.15, -0.1) is 0 Å². The quantitative estimate of drug-likeness (QED) is 0.923. The first kappa shape index (κ1) is 13.5. The van der Waals surface area contributed by atoms with Crippen LogP contribution in [0.25, 0.3) is 0 Å².